The van der Waals surface area contributed by atoms with Gasteiger partial charge in [-0.05, 0) is 63.0 Å². The number of rotatable bonds is 7. The molecule has 3 aromatic rings. The molecule has 0 spiro atoms. The summed E-state index contributed by atoms with van der Waals surface area (Å²) in [6.45, 7) is 4.21. The minimum atomic E-state index is -0.363. The largest absolute Gasteiger partial charge is 0.507 e. The number of carbonyl (C=O) groups is 1. The van der Waals surface area contributed by atoms with Crippen LogP contribution < -0.4 is 10.2 Å². The standard InChI is InChI=1S/C24H23BrN2O3/c1-24(2,18-6-4-3-5-7-18)19-9-11-20(12-10-19)30-16-23(29)27-26-15-17-8-13-22(28)21(25)14-17/h3-15,28H,16H2,1-2H3,(H,27,29). The highest BCUT2D eigenvalue weighted by atomic mass is 79.9. The van der Waals surface area contributed by atoms with Crippen LogP contribution in [-0.2, 0) is 10.2 Å². The van der Waals surface area contributed by atoms with Crippen LogP contribution in [0.3, 0.4) is 0 Å². The van der Waals surface area contributed by atoms with Crippen molar-refractivity contribution in [2.24, 2.45) is 5.10 Å². The second-order valence-electron chi connectivity index (χ2n) is 7.31. The van der Waals surface area contributed by atoms with E-state index in [4.69, 9.17) is 4.74 Å². The minimum absolute atomic E-state index is 0.130. The number of nitrogens with zero attached hydrogens (tertiary/aromatic N) is 1. The Bertz CT molecular complexity index is 1030. The summed E-state index contributed by atoms with van der Waals surface area (Å²) in [5.74, 6) is 0.393. The van der Waals surface area contributed by atoms with E-state index in [-0.39, 0.29) is 23.7 Å². The predicted molar refractivity (Wildman–Crippen MR) is 122 cm³/mol. The highest BCUT2D eigenvalue weighted by Gasteiger charge is 2.22. The van der Waals surface area contributed by atoms with Crippen LogP contribution in [0, 0.1) is 0 Å². The average molecular weight is 467 g/mol. The molecule has 0 aliphatic rings. The molecule has 0 saturated heterocycles. The molecule has 0 unspecified atom stereocenters. The monoisotopic (exact) mass is 466 g/mol. The van der Waals surface area contributed by atoms with Crippen molar-refractivity contribution in [1.29, 1.82) is 0 Å². The highest BCUT2D eigenvalue weighted by molar-refractivity contribution is 9.10. The van der Waals surface area contributed by atoms with Crippen molar-refractivity contribution in [1.82, 2.24) is 5.43 Å². The molecule has 0 atom stereocenters. The number of phenolic OH excluding ortho intramolecular Hbond substituents is 1. The molecule has 0 bridgehead atoms. The zero-order valence-corrected chi connectivity index (χ0v) is 18.4. The number of hydrogen-bond donors (Lipinski definition) is 2. The first-order chi connectivity index (χ1) is 14.4. The van der Waals surface area contributed by atoms with Crippen molar-refractivity contribution in [3.8, 4) is 11.5 Å². The van der Waals surface area contributed by atoms with Crippen LogP contribution in [0.1, 0.15) is 30.5 Å². The van der Waals surface area contributed by atoms with Gasteiger partial charge in [0.25, 0.3) is 5.91 Å². The third kappa shape index (κ3) is 5.48. The van der Waals surface area contributed by atoms with E-state index in [2.05, 4.69) is 52.4 Å². The topological polar surface area (TPSA) is 70.9 Å². The van der Waals surface area contributed by atoms with Crippen LogP contribution in [0.4, 0.5) is 0 Å². The SMILES string of the molecule is CC(C)(c1ccccc1)c1ccc(OCC(=O)NN=Cc2ccc(O)c(Br)c2)cc1. The quantitative estimate of drug-likeness (QED) is 0.379. The van der Waals surface area contributed by atoms with Crippen LogP contribution in [0.2, 0.25) is 0 Å². The average Bonchev–Trinajstić information content (AvgIpc) is 2.76. The molecule has 3 rings (SSSR count). The van der Waals surface area contributed by atoms with E-state index in [1.54, 1.807) is 18.2 Å². The third-order valence-corrected chi connectivity index (χ3v) is 5.45. The fraction of sp³-hybridized carbons (Fsp3) is 0.167. The number of hydrogen-bond acceptors (Lipinski definition) is 4. The zero-order chi connectivity index (χ0) is 21.6. The summed E-state index contributed by atoms with van der Waals surface area (Å²) in [7, 11) is 0. The maximum atomic E-state index is 11.9. The molecule has 0 saturated carbocycles. The number of carbonyl (C=O) groups excluding carboxylic acids is 1. The van der Waals surface area contributed by atoms with Gasteiger partial charge in [-0.1, -0.05) is 56.3 Å². The summed E-state index contributed by atoms with van der Waals surface area (Å²) in [6, 6.07) is 23.0. The lowest BCUT2D eigenvalue weighted by atomic mass is 9.78. The van der Waals surface area contributed by atoms with Gasteiger partial charge in [-0.3, -0.25) is 4.79 Å². The van der Waals surface area contributed by atoms with Gasteiger partial charge in [0.2, 0.25) is 0 Å². The molecule has 30 heavy (non-hydrogen) atoms. The lowest BCUT2D eigenvalue weighted by Gasteiger charge is -2.26. The molecule has 0 aromatic heterocycles. The molecule has 3 aromatic carbocycles. The Balaban J connectivity index is 1.52. The van der Waals surface area contributed by atoms with Crippen LogP contribution in [0.25, 0.3) is 0 Å². The molecular formula is C24H23BrN2O3. The normalized spacial score (nSPS) is 11.4. The molecule has 5 nitrogen and oxygen atoms in total. The fourth-order valence-corrected chi connectivity index (χ4v) is 3.35. The minimum Gasteiger partial charge on any atom is -0.507 e. The van der Waals surface area contributed by atoms with Crippen molar-refractivity contribution in [3.05, 3.63) is 94.0 Å². The highest BCUT2D eigenvalue weighted by Crippen LogP contribution is 2.32. The van der Waals surface area contributed by atoms with Gasteiger partial charge in [-0.25, -0.2) is 5.43 Å². The maximum absolute atomic E-state index is 11.9. The summed E-state index contributed by atoms with van der Waals surface area (Å²) >= 11 is 3.23. The van der Waals surface area contributed by atoms with E-state index in [1.807, 2.05) is 42.5 Å². The Kier molecular flexibility index (Phi) is 6.90. The first kappa shape index (κ1) is 21.6. The molecule has 0 fully saturated rings. The number of hydrazone groups is 1. The van der Waals surface area contributed by atoms with E-state index in [0.29, 0.717) is 10.2 Å². The summed E-state index contributed by atoms with van der Waals surface area (Å²) in [4.78, 5) is 11.9. The molecule has 0 aliphatic heterocycles. The number of amides is 1. The van der Waals surface area contributed by atoms with Crippen LogP contribution >= 0.6 is 15.9 Å². The lowest BCUT2D eigenvalue weighted by molar-refractivity contribution is -0.123. The fourth-order valence-electron chi connectivity index (χ4n) is 2.95. The third-order valence-electron chi connectivity index (χ3n) is 4.82. The van der Waals surface area contributed by atoms with E-state index in [9.17, 15) is 9.90 Å². The molecular weight excluding hydrogens is 444 g/mol. The molecule has 2 N–H and O–H groups in total. The van der Waals surface area contributed by atoms with Crippen LogP contribution in [0.5, 0.6) is 11.5 Å². The van der Waals surface area contributed by atoms with Gasteiger partial charge in [0, 0.05) is 5.41 Å². The lowest BCUT2D eigenvalue weighted by Crippen LogP contribution is -2.24. The Morgan fingerprint density at radius 2 is 1.73 bits per heavy atom. The molecule has 1 amide bonds. The number of benzene rings is 3. The van der Waals surface area contributed by atoms with Gasteiger partial charge in [-0.2, -0.15) is 5.10 Å². The first-order valence-electron chi connectivity index (χ1n) is 9.45. The maximum Gasteiger partial charge on any atom is 0.277 e. The Hall–Kier alpha value is -3.12. The van der Waals surface area contributed by atoms with Gasteiger partial charge in [-0.15, -0.1) is 0 Å². The number of aromatic hydroxyl groups is 1. The van der Waals surface area contributed by atoms with Crippen molar-refractivity contribution in [3.63, 3.8) is 0 Å². The van der Waals surface area contributed by atoms with Gasteiger partial charge in [0.05, 0.1) is 10.7 Å². The number of ether oxygens (including phenoxy) is 1. The second kappa shape index (κ2) is 9.59. The molecule has 0 radical (unpaired) electrons. The Morgan fingerprint density at radius 1 is 1.07 bits per heavy atom. The Labute approximate surface area is 184 Å². The molecule has 6 heteroatoms. The van der Waals surface area contributed by atoms with Gasteiger partial charge in [0.15, 0.2) is 6.61 Å². The summed E-state index contributed by atoms with van der Waals surface area (Å²) < 4.78 is 6.11. The van der Waals surface area contributed by atoms with Gasteiger partial charge in [0.1, 0.15) is 11.5 Å². The van der Waals surface area contributed by atoms with Gasteiger partial charge >= 0.3 is 0 Å². The van der Waals surface area contributed by atoms with Gasteiger partial charge < -0.3 is 9.84 Å². The zero-order valence-electron chi connectivity index (χ0n) is 16.8. The van der Waals surface area contributed by atoms with E-state index in [1.165, 1.54) is 11.8 Å². The number of phenols is 1. The number of nitrogens with one attached hydrogen (secondary N) is 1. The second-order valence-corrected chi connectivity index (χ2v) is 8.16. The predicted octanol–water partition coefficient (Wildman–Crippen LogP) is 5.01. The van der Waals surface area contributed by atoms with Crippen molar-refractivity contribution in [2.45, 2.75) is 19.3 Å². The molecule has 0 heterocycles. The van der Waals surface area contributed by atoms with Crippen LogP contribution in [0.15, 0.2) is 82.4 Å². The molecule has 154 valence electrons. The summed E-state index contributed by atoms with van der Waals surface area (Å²) in [6.07, 6.45) is 1.49. The molecule has 0 aliphatic carbocycles. The van der Waals surface area contributed by atoms with Crippen molar-refractivity contribution < 1.29 is 14.6 Å². The van der Waals surface area contributed by atoms with E-state index < -0.39 is 0 Å². The first-order valence-corrected chi connectivity index (χ1v) is 10.2. The number of halogens is 1. The van der Waals surface area contributed by atoms with E-state index in [0.717, 1.165) is 11.1 Å². The smallest absolute Gasteiger partial charge is 0.277 e. The summed E-state index contributed by atoms with van der Waals surface area (Å²) in [5.41, 5.74) is 5.42. The Morgan fingerprint density at radius 3 is 2.40 bits per heavy atom. The van der Waals surface area contributed by atoms with E-state index >= 15 is 0 Å². The summed E-state index contributed by atoms with van der Waals surface area (Å²) in [5, 5.41) is 13.4. The van der Waals surface area contributed by atoms with Crippen LogP contribution in [-0.4, -0.2) is 23.8 Å². The van der Waals surface area contributed by atoms with Crippen molar-refractivity contribution in [2.75, 3.05) is 6.61 Å². The van der Waals surface area contributed by atoms with Crippen molar-refractivity contribution >= 4 is 28.1 Å².